The zero-order chi connectivity index (χ0) is 25.0. The first kappa shape index (κ1) is 12.0. The average Bonchev–Trinajstić information content (AvgIpc) is 3.51. The monoisotopic (exact) mass is 395 g/mol. The molecular weight excluding hydrogens is 370 g/mol. The van der Waals surface area contributed by atoms with Gasteiger partial charge in [-0.15, -0.1) is 0 Å². The lowest BCUT2D eigenvalue weighted by molar-refractivity contribution is -0.117. The van der Waals surface area contributed by atoms with Gasteiger partial charge >= 0.3 is 0 Å². The molecule has 8 heteroatoms. The molecule has 1 aliphatic rings. The summed E-state index contributed by atoms with van der Waals surface area (Å²) in [6.07, 6.45) is 4.50. The molecule has 2 N–H and O–H groups in total. The maximum absolute atomic E-state index is 12.2. The number of aromatic nitrogens is 3. The zero-order valence-corrected chi connectivity index (χ0v) is 15.0. The van der Waals surface area contributed by atoms with Crippen LogP contribution in [0.25, 0.3) is 33.3 Å². The Morgan fingerprint density at radius 3 is 3.00 bits per heavy atom. The van der Waals surface area contributed by atoms with Crippen molar-refractivity contribution >= 4 is 39.4 Å². The van der Waals surface area contributed by atoms with E-state index >= 15 is 0 Å². The molecule has 0 saturated heterocycles. The van der Waals surface area contributed by atoms with E-state index in [0.717, 1.165) is 12.8 Å². The minimum absolute atomic E-state index is 0.0273. The molecule has 0 unspecified atom stereocenters. The number of anilines is 2. The number of benzene rings is 1. The smallest absolute Gasteiger partial charge is 0.229 e. The van der Waals surface area contributed by atoms with E-state index in [4.69, 9.17) is 17.4 Å². The van der Waals surface area contributed by atoms with E-state index in [-0.39, 0.29) is 29.3 Å². The van der Waals surface area contributed by atoms with Gasteiger partial charge in [0.1, 0.15) is 22.9 Å². The number of hydrogen-bond donors (Lipinski definition) is 2. The predicted molar refractivity (Wildman–Crippen MR) is 110 cm³/mol. The summed E-state index contributed by atoms with van der Waals surface area (Å²) < 4.78 is 55.2. The first-order chi connectivity index (χ1) is 16.4. The summed E-state index contributed by atoms with van der Waals surface area (Å²) in [5.41, 5.74) is 1.16. The van der Waals surface area contributed by atoms with Crippen LogP contribution in [0.2, 0.25) is 0 Å². The van der Waals surface area contributed by atoms with Crippen LogP contribution in [-0.2, 0) is 4.79 Å². The van der Waals surface area contributed by atoms with Crippen LogP contribution < -0.4 is 15.4 Å². The molecule has 0 spiro atoms. The van der Waals surface area contributed by atoms with Crippen molar-refractivity contribution in [2.75, 3.05) is 24.6 Å². The van der Waals surface area contributed by atoms with Gasteiger partial charge in [0.2, 0.25) is 11.8 Å². The lowest BCUT2D eigenvalue weighted by Gasteiger charge is -2.10. The summed E-state index contributed by atoms with van der Waals surface area (Å²) in [6.45, 7) is -2.49. The third-order valence-electron chi connectivity index (χ3n) is 4.80. The van der Waals surface area contributed by atoms with Gasteiger partial charge in [-0.1, -0.05) is 0 Å². The molecule has 0 aliphatic heterocycles. The molecule has 0 bridgehead atoms. The normalized spacial score (nSPS) is 17.5. The van der Waals surface area contributed by atoms with E-state index in [1.165, 1.54) is 30.6 Å². The van der Waals surface area contributed by atoms with E-state index < -0.39 is 14.0 Å². The minimum atomic E-state index is -2.61. The Labute approximate surface area is 174 Å². The fourth-order valence-corrected chi connectivity index (χ4v) is 3.13. The number of carbonyl (C=O) groups is 1. The number of nitrogens with zero attached hydrogens (tertiary/aromatic N) is 3. The largest absolute Gasteiger partial charge is 0.497 e. The number of nitrogens with one attached hydrogen (secondary N) is 2. The van der Waals surface area contributed by atoms with Gasteiger partial charge in [-0.2, -0.15) is 0 Å². The second-order valence-corrected chi connectivity index (χ2v) is 6.77. The highest BCUT2D eigenvalue weighted by molar-refractivity contribution is 6.03. The highest BCUT2D eigenvalue weighted by Crippen LogP contribution is 2.35. The summed E-state index contributed by atoms with van der Waals surface area (Å²) in [5.74, 6) is 0.492. The highest BCUT2D eigenvalue weighted by Gasteiger charge is 2.30. The van der Waals surface area contributed by atoms with E-state index in [1.807, 2.05) is 0 Å². The second kappa shape index (κ2) is 6.73. The van der Waals surface area contributed by atoms with Crippen LogP contribution in [0.4, 0.5) is 11.6 Å². The number of amides is 1. The van der Waals surface area contributed by atoms with Crippen LogP contribution in [0.5, 0.6) is 5.75 Å². The van der Waals surface area contributed by atoms with Gasteiger partial charge in [-0.05, 0) is 31.0 Å². The van der Waals surface area contributed by atoms with Crippen molar-refractivity contribution in [3.05, 3.63) is 36.7 Å². The molecule has 4 aromatic rings. The lowest BCUT2D eigenvalue weighted by Crippen LogP contribution is -2.14. The molecule has 0 radical (unpaired) electrons. The molecule has 3 aromatic heterocycles. The summed E-state index contributed by atoms with van der Waals surface area (Å²) in [4.78, 5) is 25.2. The van der Waals surface area contributed by atoms with Crippen LogP contribution in [-0.4, -0.2) is 34.9 Å². The third kappa shape index (κ3) is 3.12. The maximum Gasteiger partial charge on any atom is 0.229 e. The van der Waals surface area contributed by atoms with Crippen molar-refractivity contribution in [3.8, 4) is 17.2 Å². The Hall–Kier alpha value is -3.68. The summed E-state index contributed by atoms with van der Waals surface area (Å²) in [7, 11) is -2.61. The molecule has 1 saturated carbocycles. The van der Waals surface area contributed by atoms with Crippen LogP contribution in [0.1, 0.15) is 21.1 Å². The van der Waals surface area contributed by atoms with E-state index in [2.05, 4.69) is 25.6 Å². The number of pyridine rings is 2. The fourth-order valence-electron chi connectivity index (χ4n) is 3.13. The SMILES string of the molecule is [2H]C([2H])([2H])Nc1ncc(-c2nc3cc(OC([2H])([2H])[2H])ccc3o2)c2cc(NC(=O)C3CC3)ncc12. The highest BCUT2D eigenvalue weighted by atomic mass is 16.5. The minimum Gasteiger partial charge on any atom is -0.497 e. The first-order valence-corrected chi connectivity index (χ1v) is 8.93. The van der Waals surface area contributed by atoms with Gasteiger partial charge in [-0.3, -0.25) is 4.79 Å². The van der Waals surface area contributed by atoms with Gasteiger partial charge < -0.3 is 19.8 Å². The van der Waals surface area contributed by atoms with Gasteiger partial charge in [0.05, 0.1) is 16.7 Å². The van der Waals surface area contributed by atoms with Crippen LogP contribution in [0.15, 0.2) is 41.1 Å². The van der Waals surface area contributed by atoms with Gasteiger partial charge in [0, 0.05) is 46.2 Å². The molecule has 29 heavy (non-hydrogen) atoms. The van der Waals surface area contributed by atoms with Crippen molar-refractivity contribution < 1.29 is 22.2 Å². The Balaban J connectivity index is 1.60. The van der Waals surface area contributed by atoms with Crippen molar-refractivity contribution in [2.24, 2.45) is 5.92 Å². The number of hydrogen-bond acceptors (Lipinski definition) is 7. The van der Waals surface area contributed by atoms with Gasteiger partial charge in [-0.25, -0.2) is 15.0 Å². The predicted octanol–water partition coefficient (Wildman–Crippen LogP) is 3.84. The van der Waals surface area contributed by atoms with E-state index in [9.17, 15) is 4.79 Å². The topological polar surface area (TPSA) is 102 Å². The maximum atomic E-state index is 12.2. The quantitative estimate of drug-likeness (QED) is 0.529. The number of ether oxygens (including phenoxy) is 1. The summed E-state index contributed by atoms with van der Waals surface area (Å²) in [6, 6.07) is 6.04. The van der Waals surface area contributed by atoms with Crippen molar-refractivity contribution in [1.82, 2.24) is 15.0 Å². The summed E-state index contributed by atoms with van der Waals surface area (Å²) >= 11 is 0. The van der Waals surface area contributed by atoms with Gasteiger partial charge in [0.15, 0.2) is 5.58 Å². The van der Waals surface area contributed by atoms with Crippen LogP contribution in [0.3, 0.4) is 0 Å². The van der Waals surface area contributed by atoms with E-state index in [0.29, 0.717) is 33.3 Å². The van der Waals surface area contributed by atoms with E-state index in [1.54, 1.807) is 6.07 Å². The number of fused-ring (bicyclic) bond motifs is 2. The van der Waals surface area contributed by atoms with Crippen molar-refractivity contribution in [2.45, 2.75) is 12.8 Å². The average molecular weight is 395 g/mol. The number of carbonyl (C=O) groups excluding carboxylic acids is 1. The Kier molecular flexibility index (Phi) is 2.79. The number of rotatable bonds is 5. The standard InChI is InChI=1S/C21H19N5O3/c1-22-19-14-9-23-18(26-20(27)11-3-4-11)8-13(14)15(10-24-19)21-25-16-7-12(28-2)5-6-17(16)29-21/h5-11H,3-4H2,1-2H3,(H,22,24)(H,23,26,27)/i1D3,2D3. The molecular formula is C21H19N5O3. The fraction of sp³-hybridized carbons (Fsp3) is 0.238. The van der Waals surface area contributed by atoms with Crippen molar-refractivity contribution in [1.29, 1.82) is 0 Å². The zero-order valence-electron chi connectivity index (χ0n) is 21.0. The first-order valence-electron chi connectivity index (χ1n) is 11.9. The second-order valence-electron chi connectivity index (χ2n) is 6.77. The molecule has 1 amide bonds. The Bertz CT molecular complexity index is 1450. The number of methoxy groups -OCH3 is 1. The molecule has 1 fully saturated rings. The molecule has 3 heterocycles. The molecule has 1 aromatic carbocycles. The lowest BCUT2D eigenvalue weighted by atomic mass is 10.1. The Morgan fingerprint density at radius 2 is 2.17 bits per heavy atom. The number of oxazole rings is 1. The Morgan fingerprint density at radius 1 is 1.24 bits per heavy atom. The van der Waals surface area contributed by atoms with Crippen LogP contribution in [0, 0.1) is 5.92 Å². The van der Waals surface area contributed by atoms with Crippen molar-refractivity contribution in [3.63, 3.8) is 0 Å². The molecule has 8 nitrogen and oxygen atoms in total. The van der Waals surface area contributed by atoms with Gasteiger partial charge in [0.25, 0.3) is 0 Å². The molecule has 146 valence electrons. The molecule has 0 atom stereocenters. The molecule has 1 aliphatic carbocycles. The molecule has 5 rings (SSSR count). The summed E-state index contributed by atoms with van der Waals surface area (Å²) in [5, 5.41) is 6.05. The third-order valence-corrected chi connectivity index (χ3v) is 4.80. The van der Waals surface area contributed by atoms with Crippen LogP contribution >= 0.6 is 0 Å².